The fraction of sp³-hybridized carbons (Fsp3) is 0.647. The number of hydrogen-bond acceptors (Lipinski definition) is 5. The zero-order valence-electron chi connectivity index (χ0n) is 15.5. The van der Waals surface area contributed by atoms with Gasteiger partial charge in [0.25, 0.3) is 0 Å². The molecule has 8 nitrogen and oxygen atoms in total. The predicted molar refractivity (Wildman–Crippen MR) is 99.7 cm³/mol. The fourth-order valence-corrected chi connectivity index (χ4v) is 2.50. The van der Waals surface area contributed by atoms with Crippen molar-refractivity contribution in [2.75, 3.05) is 58.3 Å². The van der Waals surface area contributed by atoms with Gasteiger partial charge in [-0.3, -0.25) is 4.79 Å². The second kappa shape index (κ2) is 9.80. The lowest BCUT2D eigenvalue weighted by Crippen LogP contribution is -2.53. The number of guanidine groups is 1. The van der Waals surface area contributed by atoms with Crippen LogP contribution in [0.25, 0.3) is 0 Å². The molecule has 0 bridgehead atoms. The van der Waals surface area contributed by atoms with E-state index >= 15 is 0 Å². The molecule has 0 spiro atoms. The Bertz CT molecular complexity index is 553. The topological polar surface area (TPSA) is 77.0 Å². The number of unbranched alkanes of at least 4 members (excludes halogenated alkanes) is 1. The van der Waals surface area contributed by atoms with Gasteiger partial charge in [0.15, 0.2) is 5.96 Å². The Morgan fingerprint density at radius 1 is 1.24 bits per heavy atom. The predicted octanol–water partition coefficient (Wildman–Crippen LogP) is 0.433. The molecule has 0 atom stereocenters. The van der Waals surface area contributed by atoms with Crippen LogP contribution in [-0.2, 0) is 4.79 Å². The van der Waals surface area contributed by atoms with E-state index < -0.39 is 0 Å². The third-order valence-corrected chi connectivity index (χ3v) is 4.09. The summed E-state index contributed by atoms with van der Waals surface area (Å²) in [4.78, 5) is 30.9. The van der Waals surface area contributed by atoms with Gasteiger partial charge in [0, 0.05) is 59.2 Å². The molecule has 1 saturated heterocycles. The molecule has 1 aliphatic heterocycles. The molecule has 25 heavy (non-hydrogen) atoms. The summed E-state index contributed by atoms with van der Waals surface area (Å²) in [6, 6.07) is 1.82. The van der Waals surface area contributed by atoms with Crippen LogP contribution in [0.5, 0.6) is 0 Å². The molecule has 1 N–H and O–H groups in total. The Morgan fingerprint density at radius 3 is 2.52 bits per heavy atom. The molecule has 1 amide bonds. The summed E-state index contributed by atoms with van der Waals surface area (Å²) in [5.74, 6) is 1.59. The molecular formula is C17H29N7O. The average molecular weight is 347 g/mol. The first-order valence-corrected chi connectivity index (χ1v) is 8.87. The number of anilines is 1. The van der Waals surface area contributed by atoms with Crippen molar-refractivity contribution >= 4 is 17.8 Å². The van der Waals surface area contributed by atoms with Crippen LogP contribution in [0.4, 0.5) is 5.95 Å². The Labute approximate surface area is 149 Å². The molecular weight excluding hydrogens is 318 g/mol. The number of aliphatic imine (C=N–C) groups is 1. The van der Waals surface area contributed by atoms with Gasteiger partial charge in [0.05, 0.1) is 0 Å². The van der Waals surface area contributed by atoms with Gasteiger partial charge >= 0.3 is 0 Å². The maximum atomic E-state index is 11.8. The first kappa shape index (κ1) is 19.0. The summed E-state index contributed by atoms with van der Waals surface area (Å²) in [7, 11) is 3.50. The zero-order chi connectivity index (χ0) is 18.1. The van der Waals surface area contributed by atoms with E-state index in [2.05, 4.69) is 37.0 Å². The van der Waals surface area contributed by atoms with Gasteiger partial charge in [0.2, 0.25) is 11.9 Å². The third kappa shape index (κ3) is 5.88. The zero-order valence-corrected chi connectivity index (χ0v) is 15.5. The summed E-state index contributed by atoms with van der Waals surface area (Å²) in [6.45, 7) is 6.52. The number of likely N-dealkylation sites (N-methyl/N-ethyl adjacent to an activating group) is 1. The molecule has 0 radical (unpaired) electrons. The number of carbonyl (C=O) groups excluding carboxylic acids is 1. The van der Waals surface area contributed by atoms with Crippen molar-refractivity contribution in [3.8, 4) is 0 Å². The second-order valence-corrected chi connectivity index (χ2v) is 6.23. The van der Waals surface area contributed by atoms with Crippen LogP contribution >= 0.6 is 0 Å². The van der Waals surface area contributed by atoms with Crippen LogP contribution in [0.15, 0.2) is 23.5 Å². The maximum Gasteiger partial charge on any atom is 0.243 e. The van der Waals surface area contributed by atoms with Gasteiger partial charge in [-0.1, -0.05) is 13.3 Å². The molecule has 1 fully saturated rings. The van der Waals surface area contributed by atoms with E-state index in [1.54, 1.807) is 31.4 Å². The Morgan fingerprint density at radius 2 is 1.92 bits per heavy atom. The summed E-state index contributed by atoms with van der Waals surface area (Å²) < 4.78 is 0. The lowest BCUT2D eigenvalue weighted by molar-refractivity contribution is -0.127. The quantitative estimate of drug-likeness (QED) is 0.457. The number of nitrogens with one attached hydrogen (secondary N) is 1. The van der Waals surface area contributed by atoms with E-state index in [-0.39, 0.29) is 12.5 Å². The molecule has 8 heteroatoms. The van der Waals surface area contributed by atoms with Crippen molar-refractivity contribution in [2.45, 2.75) is 19.8 Å². The van der Waals surface area contributed by atoms with E-state index in [0.717, 1.165) is 57.5 Å². The second-order valence-electron chi connectivity index (χ2n) is 6.23. The van der Waals surface area contributed by atoms with Crippen LogP contribution in [0.1, 0.15) is 19.8 Å². The first-order chi connectivity index (χ1) is 12.1. The normalized spacial score (nSPS) is 15.2. The van der Waals surface area contributed by atoms with Crippen molar-refractivity contribution in [1.82, 2.24) is 25.1 Å². The van der Waals surface area contributed by atoms with E-state index in [4.69, 9.17) is 0 Å². The number of piperazine rings is 1. The first-order valence-electron chi connectivity index (χ1n) is 8.87. The molecule has 0 aliphatic carbocycles. The molecule has 0 saturated carbocycles. The van der Waals surface area contributed by atoms with Crippen LogP contribution < -0.4 is 10.2 Å². The highest BCUT2D eigenvalue weighted by molar-refractivity contribution is 5.85. The Hall–Kier alpha value is -2.38. The molecule has 0 aromatic carbocycles. The van der Waals surface area contributed by atoms with Gasteiger partial charge < -0.3 is 20.0 Å². The van der Waals surface area contributed by atoms with Gasteiger partial charge in [0.1, 0.15) is 6.54 Å². The summed E-state index contributed by atoms with van der Waals surface area (Å²) in [5, 5.41) is 3.39. The molecule has 2 rings (SSSR count). The Kier molecular flexibility index (Phi) is 7.43. The largest absolute Gasteiger partial charge is 0.356 e. The van der Waals surface area contributed by atoms with E-state index in [9.17, 15) is 4.79 Å². The molecule has 138 valence electrons. The minimum Gasteiger partial charge on any atom is -0.356 e. The lowest BCUT2D eigenvalue weighted by Gasteiger charge is -2.36. The van der Waals surface area contributed by atoms with Crippen LogP contribution in [0.2, 0.25) is 0 Å². The molecule has 0 unspecified atom stereocenters. The number of aromatic nitrogens is 2. The van der Waals surface area contributed by atoms with Gasteiger partial charge in [-0.25, -0.2) is 15.0 Å². The van der Waals surface area contributed by atoms with Crippen molar-refractivity contribution in [3.63, 3.8) is 0 Å². The molecule has 2 heterocycles. The minimum absolute atomic E-state index is 0.00566. The summed E-state index contributed by atoms with van der Waals surface area (Å²) >= 11 is 0. The number of nitrogens with zero attached hydrogens (tertiary/aromatic N) is 6. The fourth-order valence-electron chi connectivity index (χ4n) is 2.50. The van der Waals surface area contributed by atoms with Gasteiger partial charge in [-0.05, 0) is 12.5 Å². The van der Waals surface area contributed by atoms with Crippen molar-refractivity contribution in [1.29, 1.82) is 0 Å². The van der Waals surface area contributed by atoms with E-state index in [1.807, 2.05) is 6.07 Å². The van der Waals surface area contributed by atoms with Crippen LogP contribution in [0.3, 0.4) is 0 Å². The Balaban J connectivity index is 1.95. The highest BCUT2D eigenvalue weighted by Crippen LogP contribution is 2.09. The number of hydrogen-bond donors (Lipinski definition) is 1. The smallest absolute Gasteiger partial charge is 0.243 e. The van der Waals surface area contributed by atoms with E-state index in [0.29, 0.717) is 0 Å². The van der Waals surface area contributed by atoms with Gasteiger partial charge in [-0.2, -0.15) is 0 Å². The highest BCUT2D eigenvalue weighted by atomic mass is 16.2. The number of amides is 1. The molecule has 1 aliphatic rings. The standard InChI is InChI=1S/C17H29N7O/c1-4-5-7-18-17(21-14-15(25)22(2)3)24-12-10-23(11-13-24)16-19-8-6-9-20-16/h6,8-9H,4-5,7,10-14H2,1-3H3,(H,18,21). The number of carbonyl (C=O) groups is 1. The molecule has 1 aromatic heterocycles. The van der Waals surface area contributed by atoms with E-state index in [1.165, 1.54) is 0 Å². The molecule has 1 aromatic rings. The minimum atomic E-state index is 0.00566. The van der Waals surface area contributed by atoms with Crippen LogP contribution in [-0.4, -0.2) is 85.0 Å². The van der Waals surface area contributed by atoms with Crippen molar-refractivity contribution in [2.24, 2.45) is 4.99 Å². The SMILES string of the molecule is CCCCNC(=NCC(=O)N(C)C)N1CCN(c2ncccn2)CC1. The van der Waals surface area contributed by atoms with Crippen molar-refractivity contribution in [3.05, 3.63) is 18.5 Å². The number of rotatable bonds is 6. The highest BCUT2D eigenvalue weighted by Gasteiger charge is 2.21. The van der Waals surface area contributed by atoms with Gasteiger partial charge in [-0.15, -0.1) is 0 Å². The van der Waals surface area contributed by atoms with Crippen molar-refractivity contribution < 1.29 is 4.79 Å². The van der Waals surface area contributed by atoms with Crippen LogP contribution in [0, 0.1) is 0 Å². The monoisotopic (exact) mass is 347 g/mol. The average Bonchev–Trinajstić information content (AvgIpc) is 2.65. The third-order valence-electron chi connectivity index (χ3n) is 4.09. The summed E-state index contributed by atoms with van der Waals surface area (Å²) in [5.41, 5.74) is 0. The lowest BCUT2D eigenvalue weighted by atomic mass is 10.3. The summed E-state index contributed by atoms with van der Waals surface area (Å²) in [6.07, 6.45) is 5.73. The maximum absolute atomic E-state index is 11.8.